The van der Waals surface area contributed by atoms with Gasteiger partial charge in [0.2, 0.25) is 0 Å². The quantitative estimate of drug-likeness (QED) is 0.680. The zero-order chi connectivity index (χ0) is 14.0. The molecule has 0 heterocycles. The van der Waals surface area contributed by atoms with Crippen LogP contribution in [0.5, 0.6) is 0 Å². The Balaban J connectivity index is 2.64. The second-order valence-corrected chi connectivity index (χ2v) is 3.80. The van der Waals surface area contributed by atoms with E-state index < -0.39 is 16.7 Å². The second-order valence-electron chi connectivity index (χ2n) is 3.80. The van der Waals surface area contributed by atoms with E-state index in [1.165, 1.54) is 30.3 Å². The molecular weight excluding hydrogens is 253 g/mol. The van der Waals surface area contributed by atoms with Crippen LogP contribution in [-0.2, 0) is 0 Å². The van der Waals surface area contributed by atoms with Crippen molar-refractivity contribution in [2.24, 2.45) is 0 Å². The van der Waals surface area contributed by atoms with Crippen LogP contribution >= 0.6 is 0 Å². The fourth-order valence-electron chi connectivity index (χ4n) is 1.70. The summed E-state index contributed by atoms with van der Waals surface area (Å²) in [6.07, 6.45) is 0. The van der Waals surface area contributed by atoms with Crippen molar-refractivity contribution >= 4 is 11.7 Å². The fourth-order valence-corrected chi connectivity index (χ4v) is 1.70. The van der Waals surface area contributed by atoms with Crippen molar-refractivity contribution in [2.45, 2.75) is 0 Å². The van der Waals surface area contributed by atoms with E-state index in [0.717, 1.165) is 12.1 Å². The van der Waals surface area contributed by atoms with Crippen LogP contribution in [0.25, 0.3) is 11.1 Å². The topological polar surface area (TPSA) is 80.4 Å². The van der Waals surface area contributed by atoms with Gasteiger partial charge in [0.25, 0.3) is 5.69 Å². The minimum atomic E-state index is -1.20. The van der Waals surface area contributed by atoms with E-state index in [1.807, 2.05) is 0 Å². The summed E-state index contributed by atoms with van der Waals surface area (Å²) >= 11 is 0. The lowest BCUT2D eigenvalue weighted by molar-refractivity contribution is -0.384. The van der Waals surface area contributed by atoms with E-state index >= 15 is 0 Å². The highest BCUT2D eigenvalue weighted by Gasteiger charge is 2.16. The normalized spacial score (nSPS) is 10.2. The van der Waals surface area contributed by atoms with E-state index in [0.29, 0.717) is 5.56 Å². The number of non-ortho nitro benzene ring substituents is 1. The Bertz CT molecular complexity index is 652. The molecular formula is C13H8FNO4. The molecule has 0 saturated carbocycles. The molecule has 2 aromatic carbocycles. The van der Waals surface area contributed by atoms with Gasteiger partial charge in [-0.1, -0.05) is 12.1 Å². The highest BCUT2D eigenvalue weighted by atomic mass is 19.1. The number of nitro groups is 1. The SMILES string of the molecule is O=C(O)c1ccc([N+](=O)[O-])cc1-c1ccc(F)cc1. The Morgan fingerprint density at radius 3 is 2.32 bits per heavy atom. The average molecular weight is 261 g/mol. The molecule has 0 spiro atoms. The molecule has 0 atom stereocenters. The van der Waals surface area contributed by atoms with Gasteiger partial charge >= 0.3 is 5.97 Å². The second kappa shape index (κ2) is 4.85. The van der Waals surface area contributed by atoms with Gasteiger partial charge < -0.3 is 5.11 Å². The van der Waals surface area contributed by atoms with Gasteiger partial charge in [-0.05, 0) is 23.8 Å². The van der Waals surface area contributed by atoms with Crippen molar-refractivity contribution in [2.75, 3.05) is 0 Å². The van der Waals surface area contributed by atoms with Crippen LogP contribution in [-0.4, -0.2) is 16.0 Å². The molecule has 96 valence electrons. The lowest BCUT2D eigenvalue weighted by Gasteiger charge is -2.06. The van der Waals surface area contributed by atoms with E-state index in [-0.39, 0.29) is 16.8 Å². The standard InChI is InChI=1S/C13H8FNO4/c14-9-3-1-8(2-4-9)12-7-10(15(18)19)5-6-11(12)13(16)17/h1-7H,(H,16,17). The summed E-state index contributed by atoms with van der Waals surface area (Å²) < 4.78 is 12.8. The number of hydrogen-bond acceptors (Lipinski definition) is 3. The molecule has 0 fully saturated rings. The summed E-state index contributed by atoms with van der Waals surface area (Å²) in [7, 11) is 0. The Labute approximate surface area is 107 Å². The van der Waals surface area contributed by atoms with Gasteiger partial charge in [0.15, 0.2) is 0 Å². The summed E-state index contributed by atoms with van der Waals surface area (Å²) in [6.45, 7) is 0. The molecule has 5 nitrogen and oxygen atoms in total. The van der Waals surface area contributed by atoms with Gasteiger partial charge in [-0.2, -0.15) is 0 Å². The molecule has 0 aliphatic carbocycles. The number of nitro benzene ring substituents is 1. The largest absolute Gasteiger partial charge is 0.478 e. The first-order valence-corrected chi connectivity index (χ1v) is 5.26. The zero-order valence-electron chi connectivity index (χ0n) is 9.54. The van der Waals surface area contributed by atoms with Gasteiger partial charge in [0.05, 0.1) is 10.5 Å². The molecule has 0 amide bonds. The van der Waals surface area contributed by atoms with Crippen LogP contribution in [0.3, 0.4) is 0 Å². The Hall–Kier alpha value is -2.76. The van der Waals surface area contributed by atoms with Crippen LogP contribution in [0.4, 0.5) is 10.1 Å². The monoisotopic (exact) mass is 261 g/mol. The van der Waals surface area contributed by atoms with Gasteiger partial charge in [-0.3, -0.25) is 10.1 Å². The molecule has 2 rings (SSSR count). The zero-order valence-corrected chi connectivity index (χ0v) is 9.54. The van der Waals surface area contributed by atoms with E-state index in [4.69, 9.17) is 5.11 Å². The molecule has 0 aliphatic rings. The number of rotatable bonds is 3. The summed E-state index contributed by atoms with van der Waals surface area (Å²) in [5, 5.41) is 19.8. The first-order chi connectivity index (χ1) is 8.99. The molecule has 0 bridgehead atoms. The third kappa shape index (κ3) is 2.57. The minimum Gasteiger partial charge on any atom is -0.478 e. The van der Waals surface area contributed by atoms with Crippen molar-refractivity contribution in [1.29, 1.82) is 0 Å². The fraction of sp³-hybridized carbons (Fsp3) is 0. The predicted octanol–water partition coefficient (Wildman–Crippen LogP) is 3.10. The van der Waals surface area contributed by atoms with Gasteiger partial charge in [0.1, 0.15) is 5.82 Å². The third-order valence-electron chi connectivity index (χ3n) is 2.60. The van der Waals surface area contributed by atoms with E-state index in [1.54, 1.807) is 0 Å². The molecule has 1 N–H and O–H groups in total. The minimum absolute atomic E-state index is 0.0720. The molecule has 6 heteroatoms. The predicted molar refractivity (Wildman–Crippen MR) is 65.4 cm³/mol. The van der Waals surface area contributed by atoms with Gasteiger partial charge in [-0.15, -0.1) is 0 Å². The van der Waals surface area contributed by atoms with Gasteiger partial charge in [-0.25, -0.2) is 9.18 Å². The highest BCUT2D eigenvalue weighted by molar-refractivity contribution is 5.96. The maximum atomic E-state index is 12.8. The molecule has 0 aromatic heterocycles. The summed E-state index contributed by atoms with van der Waals surface area (Å²) in [6, 6.07) is 8.54. The molecule has 0 radical (unpaired) electrons. The lowest BCUT2D eigenvalue weighted by atomic mass is 9.99. The average Bonchev–Trinajstić information content (AvgIpc) is 2.38. The summed E-state index contributed by atoms with van der Waals surface area (Å²) in [5.74, 6) is -1.67. The highest BCUT2D eigenvalue weighted by Crippen LogP contribution is 2.28. The van der Waals surface area contributed by atoms with Gasteiger partial charge in [0, 0.05) is 17.7 Å². The van der Waals surface area contributed by atoms with E-state index in [2.05, 4.69) is 0 Å². The van der Waals surface area contributed by atoms with Crippen molar-refractivity contribution < 1.29 is 19.2 Å². The van der Waals surface area contributed by atoms with Crippen molar-refractivity contribution in [3.05, 3.63) is 64.0 Å². The Morgan fingerprint density at radius 1 is 1.16 bits per heavy atom. The van der Waals surface area contributed by atoms with Crippen LogP contribution in [0.1, 0.15) is 10.4 Å². The lowest BCUT2D eigenvalue weighted by Crippen LogP contribution is -2.00. The molecule has 2 aromatic rings. The molecule has 0 aliphatic heterocycles. The molecule has 19 heavy (non-hydrogen) atoms. The Morgan fingerprint density at radius 2 is 1.79 bits per heavy atom. The summed E-state index contributed by atoms with van der Waals surface area (Å²) in [5.41, 5.74) is 0.297. The van der Waals surface area contributed by atoms with Crippen LogP contribution in [0, 0.1) is 15.9 Å². The number of carboxylic acid groups (broad SMARTS) is 1. The first-order valence-electron chi connectivity index (χ1n) is 5.26. The number of nitrogens with zero attached hydrogens (tertiary/aromatic N) is 1. The number of aromatic carboxylic acids is 1. The number of benzene rings is 2. The van der Waals surface area contributed by atoms with Crippen LogP contribution in [0.15, 0.2) is 42.5 Å². The number of halogens is 1. The number of carbonyl (C=O) groups is 1. The van der Waals surface area contributed by atoms with Crippen LogP contribution in [0.2, 0.25) is 0 Å². The number of carboxylic acids is 1. The smallest absolute Gasteiger partial charge is 0.336 e. The van der Waals surface area contributed by atoms with E-state index in [9.17, 15) is 19.3 Å². The maximum absolute atomic E-state index is 12.8. The molecule has 0 saturated heterocycles. The van der Waals surface area contributed by atoms with Crippen molar-refractivity contribution in [3.8, 4) is 11.1 Å². The first kappa shape index (κ1) is 12.7. The van der Waals surface area contributed by atoms with Crippen LogP contribution < -0.4 is 0 Å². The summed E-state index contributed by atoms with van der Waals surface area (Å²) in [4.78, 5) is 21.2. The molecule has 0 unspecified atom stereocenters. The van der Waals surface area contributed by atoms with Crippen molar-refractivity contribution in [1.82, 2.24) is 0 Å². The number of hydrogen-bond donors (Lipinski definition) is 1. The Kier molecular flexibility index (Phi) is 3.24. The van der Waals surface area contributed by atoms with Crippen molar-refractivity contribution in [3.63, 3.8) is 0 Å². The maximum Gasteiger partial charge on any atom is 0.336 e. The third-order valence-corrected chi connectivity index (χ3v) is 2.60.